The van der Waals surface area contributed by atoms with E-state index in [0.29, 0.717) is 0 Å². The van der Waals surface area contributed by atoms with Crippen molar-refractivity contribution in [2.24, 2.45) is 0 Å². The van der Waals surface area contributed by atoms with Gasteiger partial charge in [-0.1, -0.05) is 12.5 Å². The van der Waals surface area contributed by atoms with Crippen LogP contribution in [0.15, 0.2) is 18.2 Å². The van der Waals surface area contributed by atoms with E-state index in [1.165, 1.54) is 76.0 Å². The number of hydrogen-bond donors (Lipinski definition) is 1. The molecule has 2 N–H and O–H groups in total. The first-order valence-electron chi connectivity index (χ1n) is 9.76. The number of aryl methyl sites for hydroxylation is 1. The molecule has 0 radical (unpaired) electrons. The van der Waals surface area contributed by atoms with E-state index < -0.39 is 0 Å². The van der Waals surface area contributed by atoms with Crippen molar-refractivity contribution >= 4 is 11.4 Å². The molecule has 1 fully saturated rings. The molecule has 0 aromatic heterocycles. The molecule has 1 aromatic rings. The lowest BCUT2D eigenvalue weighted by Crippen LogP contribution is -2.37. The summed E-state index contributed by atoms with van der Waals surface area (Å²) in [5, 5.41) is 0. The summed E-state index contributed by atoms with van der Waals surface area (Å²) >= 11 is 0. The number of anilines is 2. The monoisotopic (exact) mass is 330 g/mol. The standard InChI is InChI=1S/C20H34N4/c1-22(10-6-13-23-11-3-2-4-12-23)15-16-24-14-5-7-18-8-9-19(21)17-20(18)24/h8-9,17H,2-7,10-16,21H2,1H3. The third-order valence-electron chi connectivity index (χ3n) is 5.54. The van der Waals surface area contributed by atoms with Gasteiger partial charge in [-0.2, -0.15) is 0 Å². The predicted octanol–water partition coefficient (Wildman–Crippen LogP) is 2.83. The highest BCUT2D eigenvalue weighted by Gasteiger charge is 2.17. The van der Waals surface area contributed by atoms with E-state index in [1.54, 1.807) is 0 Å². The van der Waals surface area contributed by atoms with Gasteiger partial charge < -0.3 is 20.4 Å². The summed E-state index contributed by atoms with van der Waals surface area (Å²) in [7, 11) is 2.26. The van der Waals surface area contributed by atoms with Gasteiger partial charge in [-0.05, 0) is 83.0 Å². The van der Waals surface area contributed by atoms with Crippen LogP contribution in [-0.2, 0) is 6.42 Å². The van der Waals surface area contributed by atoms with Crippen LogP contribution in [0, 0.1) is 0 Å². The van der Waals surface area contributed by atoms with Gasteiger partial charge in [-0.3, -0.25) is 0 Å². The number of nitrogens with two attached hydrogens (primary N) is 1. The average Bonchev–Trinajstić information content (AvgIpc) is 2.61. The number of hydrogen-bond acceptors (Lipinski definition) is 4. The Balaban J connectivity index is 1.40. The van der Waals surface area contributed by atoms with E-state index in [4.69, 9.17) is 5.73 Å². The maximum Gasteiger partial charge on any atom is 0.0419 e. The van der Waals surface area contributed by atoms with Gasteiger partial charge in [0.15, 0.2) is 0 Å². The Morgan fingerprint density at radius 3 is 2.67 bits per heavy atom. The summed E-state index contributed by atoms with van der Waals surface area (Å²) in [6, 6.07) is 6.40. The molecule has 0 unspecified atom stereocenters. The summed E-state index contributed by atoms with van der Waals surface area (Å²) in [6.45, 7) is 8.51. The minimum atomic E-state index is 0.885. The van der Waals surface area contributed by atoms with Crippen LogP contribution in [0.25, 0.3) is 0 Å². The van der Waals surface area contributed by atoms with Crippen LogP contribution < -0.4 is 10.6 Å². The second-order valence-electron chi connectivity index (χ2n) is 7.54. The van der Waals surface area contributed by atoms with Crippen molar-refractivity contribution in [3.63, 3.8) is 0 Å². The zero-order valence-corrected chi connectivity index (χ0v) is 15.3. The van der Waals surface area contributed by atoms with Crippen molar-refractivity contribution in [1.29, 1.82) is 0 Å². The van der Waals surface area contributed by atoms with Gasteiger partial charge in [0, 0.05) is 31.0 Å². The van der Waals surface area contributed by atoms with Gasteiger partial charge in [-0.25, -0.2) is 0 Å². The quantitative estimate of drug-likeness (QED) is 0.780. The Labute approximate surface area is 147 Å². The summed E-state index contributed by atoms with van der Waals surface area (Å²) in [5.74, 6) is 0. The number of nitrogen functional groups attached to an aromatic ring is 1. The Morgan fingerprint density at radius 1 is 1.00 bits per heavy atom. The third-order valence-corrected chi connectivity index (χ3v) is 5.54. The fourth-order valence-electron chi connectivity index (χ4n) is 4.05. The molecule has 4 heteroatoms. The zero-order valence-electron chi connectivity index (χ0n) is 15.3. The highest BCUT2D eigenvalue weighted by Crippen LogP contribution is 2.28. The molecule has 2 heterocycles. The van der Waals surface area contributed by atoms with Gasteiger partial charge >= 0.3 is 0 Å². The average molecular weight is 331 g/mol. The summed E-state index contributed by atoms with van der Waals surface area (Å²) < 4.78 is 0. The number of fused-ring (bicyclic) bond motifs is 1. The molecule has 0 saturated carbocycles. The number of rotatable bonds is 7. The Kier molecular flexibility index (Phi) is 6.38. The molecule has 0 atom stereocenters. The molecule has 2 aliphatic rings. The molecular formula is C20H34N4. The maximum atomic E-state index is 5.99. The first-order valence-corrected chi connectivity index (χ1v) is 9.76. The lowest BCUT2D eigenvalue weighted by atomic mass is 10.0. The summed E-state index contributed by atoms with van der Waals surface area (Å²) in [4.78, 5) is 7.65. The smallest absolute Gasteiger partial charge is 0.0419 e. The highest BCUT2D eigenvalue weighted by atomic mass is 15.2. The first-order chi connectivity index (χ1) is 11.7. The molecule has 0 bridgehead atoms. The molecule has 134 valence electrons. The van der Waals surface area contributed by atoms with E-state index in [9.17, 15) is 0 Å². The van der Waals surface area contributed by atoms with Crippen molar-refractivity contribution in [1.82, 2.24) is 9.80 Å². The predicted molar refractivity (Wildman–Crippen MR) is 104 cm³/mol. The SMILES string of the molecule is CN(CCCN1CCCCC1)CCN1CCCc2ccc(N)cc21. The van der Waals surface area contributed by atoms with Crippen LogP contribution >= 0.6 is 0 Å². The van der Waals surface area contributed by atoms with Crippen LogP contribution in [-0.4, -0.2) is 62.7 Å². The second-order valence-corrected chi connectivity index (χ2v) is 7.54. The topological polar surface area (TPSA) is 35.7 Å². The molecule has 4 nitrogen and oxygen atoms in total. The van der Waals surface area contributed by atoms with Crippen molar-refractivity contribution in [2.45, 2.75) is 38.5 Å². The van der Waals surface area contributed by atoms with Gasteiger partial charge in [0.05, 0.1) is 0 Å². The summed E-state index contributed by atoms with van der Waals surface area (Å²) in [5.41, 5.74) is 9.70. The Morgan fingerprint density at radius 2 is 1.83 bits per heavy atom. The number of benzene rings is 1. The van der Waals surface area contributed by atoms with Gasteiger partial charge in [0.1, 0.15) is 0 Å². The molecule has 0 amide bonds. The van der Waals surface area contributed by atoms with E-state index >= 15 is 0 Å². The normalized spacial score (nSPS) is 18.8. The largest absolute Gasteiger partial charge is 0.399 e. The molecule has 3 rings (SSSR count). The van der Waals surface area contributed by atoms with Gasteiger partial charge in [0.25, 0.3) is 0 Å². The molecule has 0 spiro atoms. The molecule has 24 heavy (non-hydrogen) atoms. The third kappa shape index (κ3) is 4.87. The first kappa shape index (κ1) is 17.6. The minimum absolute atomic E-state index is 0.885. The second kappa shape index (κ2) is 8.72. The highest BCUT2D eigenvalue weighted by molar-refractivity contribution is 5.62. The van der Waals surface area contributed by atoms with E-state index in [1.807, 2.05) is 6.07 Å². The summed E-state index contributed by atoms with van der Waals surface area (Å²) in [6.07, 6.45) is 7.96. The number of likely N-dealkylation sites (tertiary alicyclic amines) is 1. The lowest BCUT2D eigenvalue weighted by molar-refractivity contribution is 0.212. The van der Waals surface area contributed by atoms with E-state index in [2.05, 4.69) is 33.9 Å². The van der Waals surface area contributed by atoms with Crippen molar-refractivity contribution in [2.75, 3.05) is 63.5 Å². The van der Waals surface area contributed by atoms with Crippen molar-refractivity contribution in [3.8, 4) is 0 Å². The van der Waals surface area contributed by atoms with E-state index in [-0.39, 0.29) is 0 Å². The fraction of sp³-hybridized carbons (Fsp3) is 0.700. The van der Waals surface area contributed by atoms with Gasteiger partial charge in [-0.15, -0.1) is 0 Å². The molecule has 1 aromatic carbocycles. The number of nitrogens with zero attached hydrogens (tertiary/aromatic N) is 3. The van der Waals surface area contributed by atoms with Crippen LogP contribution in [0.5, 0.6) is 0 Å². The lowest BCUT2D eigenvalue weighted by Gasteiger charge is -2.33. The zero-order chi connectivity index (χ0) is 16.8. The maximum absolute atomic E-state index is 5.99. The number of likely N-dealkylation sites (N-methyl/N-ethyl adjacent to an activating group) is 1. The van der Waals surface area contributed by atoms with Crippen LogP contribution in [0.3, 0.4) is 0 Å². The van der Waals surface area contributed by atoms with Crippen molar-refractivity contribution < 1.29 is 0 Å². The van der Waals surface area contributed by atoms with Gasteiger partial charge in [0.2, 0.25) is 0 Å². The van der Waals surface area contributed by atoms with Crippen LogP contribution in [0.1, 0.15) is 37.7 Å². The Hall–Kier alpha value is -1.26. The molecule has 1 saturated heterocycles. The molecule has 0 aliphatic carbocycles. The Bertz CT molecular complexity index is 510. The van der Waals surface area contributed by atoms with Crippen molar-refractivity contribution in [3.05, 3.63) is 23.8 Å². The fourth-order valence-corrected chi connectivity index (χ4v) is 4.05. The molecule has 2 aliphatic heterocycles. The number of piperidine rings is 1. The van der Waals surface area contributed by atoms with E-state index in [0.717, 1.165) is 25.3 Å². The van der Waals surface area contributed by atoms with Crippen LogP contribution in [0.2, 0.25) is 0 Å². The van der Waals surface area contributed by atoms with Crippen LogP contribution in [0.4, 0.5) is 11.4 Å². The molecular weight excluding hydrogens is 296 g/mol. The minimum Gasteiger partial charge on any atom is -0.399 e.